The number of nitrogens with one attached hydrogen (secondary N) is 1. The first kappa shape index (κ1) is 26.0. The molecule has 0 aliphatic carbocycles. The Hall–Kier alpha value is -3.62. The number of piperidine rings is 1. The maximum absolute atomic E-state index is 13.9. The zero-order chi connectivity index (χ0) is 26.9. The van der Waals surface area contributed by atoms with E-state index in [1.807, 2.05) is 28.5 Å². The normalized spacial score (nSPS) is 18.2. The smallest absolute Gasteiger partial charge is 0.256 e. The van der Waals surface area contributed by atoms with Crippen molar-refractivity contribution in [2.24, 2.45) is 0 Å². The highest BCUT2D eigenvalue weighted by atomic mass is 32.2. The van der Waals surface area contributed by atoms with Crippen LogP contribution in [0.2, 0.25) is 0 Å². The topological polar surface area (TPSA) is 109 Å². The number of fused-ring (bicyclic) bond motifs is 1. The molecule has 1 amide bonds. The van der Waals surface area contributed by atoms with E-state index in [0.717, 1.165) is 55.7 Å². The van der Waals surface area contributed by atoms with Gasteiger partial charge < -0.3 is 14.5 Å². The molecule has 11 heteroatoms. The van der Waals surface area contributed by atoms with Gasteiger partial charge in [0.2, 0.25) is 10.0 Å². The Morgan fingerprint density at radius 3 is 2.66 bits per heavy atom. The molecule has 1 aromatic carbocycles. The zero-order valence-corrected chi connectivity index (χ0v) is 22.7. The van der Waals surface area contributed by atoms with Crippen LogP contribution in [0.15, 0.2) is 30.3 Å². The standard InChI is InChI=1S/C27H32N6O4S/c1-4-7-20-17-26(31-12-14-37-15-13-31)33-25(28-20)18-23(29-33)24-8-5-6-11-32(24)27(34)21-16-19(2)9-10-22(21)30-38(3,35)36/h9-10,16-18,24,30H,5-6,8,11-15H2,1-3H3/t24-/m0/s1. The monoisotopic (exact) mass is 536 g/mol. The van der Waals surface area contributed by atoms with Crippen LogP contribution in [-0.2, 0) is 14.8 Å². The molecule has 1 atom stereocenters. The van der Waals surface area contributed by atoms with Crippen LogP contribution in [-0.4, -0.2) is 72.9 Å². The maximum atomic E-state index is 13.9. The SMILES string of the molecule is CC#Cc1cc(N2CCOCC2)n2nc([C@@H]3CCCCN3C(=O)c3cc(C)ccc3NS(C)(=O)=O)cc2n1. The number of ether oxygens (including phenoxy) is 1. The fraction of sp³-hybridized carbons (Fsp3) is 0.444. The lowest BCUT2D eigenvalue weighted by molar-refractivity contribution is 0.0606. The number of carbonyl (C=O) groups is 1. The molecule has 2 aromatic heterocycles. The predicted octanol–water partition coefficient (Wildman–Crippen LogP) is 2.98. The summed E-state index contributed by atoms with van der Waals surface area (Å²) >= 11 is 0. The van der Waals surface area contributed by atoms with Crippen molar-refractivity contribution in [3.05, 3.63) is 52.8 Å². The second kappa shape index (κ2) is 10.6. The van der Waals surface area contributed by atoms with Crippen LogP contribution in [0.4, 0.5) is 11.5 Å². The Bertz CT molecular complexity index is 1530. The van der Waals surface area contributed by atoms with Gasteiger partial charge in [0.1, 0.15) is 11.5 Å². The molecular weight excluding hydrogens is 504 g/mol. The van der Waals surface area contributed by atoms with Gasteiger partial charge >= 0.3 is 0 Å². The summed E-state index contributed by atoms with van der Waals surface area (Å²) in [7, 11) is -3.55. The minimum absolute atomic E-state index is 0.222. The molecule has 3 aromatic rings. The number of rotatable bonds is 5. The largest absolute Gasteiger partial charge is 0.378 e. The number of anilines is 2. The number of carbonyl (C=O) groups excluding carboxylic acids is 1. The molecule has 200 valence electrons. The number of nitrogens with zero attached hydrogens (tertiary/aromatic N) is 5. The van der Waals surface area contributed by atoms with Crippen LogP contribution >= 0.6 is 0 Å². The second-order valence-electron chi connectivity index (χ2n) is 9.75. The third-order valence-corrected chi connectivity index (χ3v) is 7.41. The first-order chi connectivity index (χ1) is 18.2. The highest BCUT2D eigenvalue weighted by Gasteiger charge is 2.32. The Kier molecular flexibility index (Phi) is 7.27. The molecule has 2 fully saturated rings. The summed E-state index contributed by atoms with van der Waals surface area (Å²) in [6.07, 6.45) is 3.66. The van der Waals surface area contributed by atoms with Crippen LogP contribution in [0.1, 0.15) is 59.5 Å². The number of aryl methyl sites for hydroxylation is 1. The Labute approximate surface area is 223 Å². The molecule has 4 heterocycles. The molecule has 38 heavy (non-hydrogen) atoms. The fourth-order valence-corrected chi connectivity index (χ4v) is 5.69. The van der Waals surface area contributed by atoms with E-state index in [9.17, 15) is 13.2 Å². The van der Waals surface area contributed by atoms with Gasteiger partial charge in [0, 0.05) is 31.8 Å². The summed E-state index contributed by atoms with van der Waals surface area (Å²) in [6.45, 7) is 6.98. The van der Waals surface area contributed by atoms with Crippen LogP contribution in [0.5, 0.6) is 0 Å². The molecule has 0 bridgehead atoms. The molecule has 5 rings (SSSR count). The summed E-state index contributed by atoms with van der Waals surface area (Å²) in [5, 5.41) is 4.96. The first-order valence-electron chi connectivity index (χ1n) is 12.8. The minimum atomic E-state index is -3.55. The van der Waals surface area contributed by atoms with Gasteiger partial charge in [-0.05, 0) is 51.2 Å². The van der Waals surface area contributed by atoms with Crippen molar-refractivity contribution in [2.75, 3.05) is 48.7 Å². The van der Waals surface area contributed by atoms with Crippen molar-refractivity contribution in [3.63, 3.8) is 0 Å². The van der Waals surface area contributed by atoms with Gasteiger partial charge in [-0.15, -0.1) is 0 Å². The van der Waals surface area contributed by atoms with Crippen molar-refractivity contribution in [2.45, 2.75) is 39.2 Å². The lowest BCUT2D eigenvalue weighted by Crippen LogP contribution is -2.39. The third-order valence-electron chi connectivity index (χ3n) is 6.82. The minimum Gasteiger partial charge on any atom is -0.378 e. The van der Waals surface area contributed by atoms with Crippen LogP contribution < -0.4 is 9.62 Å². The third kappa shape index (κ3) is 5.47. The highest BCUT2D eigenvalue weighted by Crippen LogP contribution is 2.34. The molecule has 0 spiro atoms. The molecule has 0 saturated carbocycles. The van der Waals surface area contributed by atoms with Crippen molar-refractivity contribution < 1.29 is 17.9 Å². The summed E-state index contributed by atoms with van der Waals surface area (Å²) < 4.78 is 33.8. The maximum Gasteiger partial charge on any atom is 0.256 e. The van der Waals surface area contributed by atoms with Crippen LogP contribution in [0.3, 0.4) is 0 Å². The average Bonchev–Trinajstić information content (AvgIpc) is 3.33. The number of sulfonamides is 1. The van der Waals surface area contributed by atoms with E-state index in [0.29, 0.717) is 36.7 Å². The van der Waals surface area contributed by atoms with Crippen molar-refractivity contribution in [1.82, 2.24) is 19.5 Å². The Morgan fingerprint density at radius 1 is 1.13 bits per heavy atom. The lowest BCUT2D eigenvalue weighted by atomic mass is 9.97. The number of likely N-dealkylation sites (tertiary alicyclic amines) is 1. The van der Waals surface area contributed by atoms with Gasteiger partial charge in [0.15, 0.2) is 5.65 Å². The highest BCUT2D eigenvalue weighted by molar-refractivity contribution is 7.92. The molecule has 0 unspecified atom stereocenters. The number of amides is 1. The summed E-state index contributed by atoms with van der Waals surface area (Å²) in [5.41, 5.74) is 3.58. The van der Waals surface area contributed by atoms with Crippen molar-refractivity contribution >= 4 is 33.1 Å². The molecule has 2 aliphatic heterocycles. The van der Waals surface area contributed by atoms with Gasteiger partial charge in [-0.3, -0.25) is 9.52 Å². The van der Waals surface area contributed by atoms with Crippen molar-refractivity contribution in [1.29, 1.82) is 0 Å². The van der Waals surface area contributed by atoms with Gasteiger partial charge in [0.05, 0.1) is 42.5 Å². The van der Waals surface area contributed by atoms with E-state index >= 15 is 0 Å². The molecule has 1 N–H and O–H groups in total. The number of hydrogen-bond donors (Lipinski definition) is 1. The zero-order valence-electron chi connectivity index (χ0n) is 21.9. The molecule has 2 saturated heterocycles. The van der Waals surface area contributed by atoms with Gasteiger partial charge in [-0.1, -0.05) is 17.6 Å². The first-order valence-corrected chi connectivity index (χ1v) is 14.7. The van der Waals surface area contributed by atoms with Gasteiger partial charge in [-0.25, -0.2) is 13.4 Å². The second-order valence-corrected chi connectivity index (χ2v) is 11.5. The summed E-state index contributed by atoms with van der Waals surface area (Å²) in [5.74, 6) is 6.67. The Balaban J connectivity index is 1.55. The van der Waals surface area contributed by atoms with Gasteiger partial charge in [-0.2, -0.15) is 9.61 Å². The van der Waals surface area contributed by atoms with Crippen molar-refractivity contribution in [3.8, 4) is 11.8 Å². The van der Waals surface area contributed by atoms with Gasteiger partial charge in [0.25, 0.3) is 5.91 Å². The van der Waals surface area contributed by atoms with E-state index < -0.39 is 10.0 Å². The lowest BCUT2D eigenvalue weighted by Gasteiger charge is -2.35. The number of hydrogen-bond acceptors (Lipinski definition) is 7. The van der Waals surface area contributed by atoms with E-state index in [-0.39, 0.29) is 17.6 Å². The molecule has 0 radical (unpaired) electrons. The predicted molar refractivity (Wildman–Crippen MR) is 146 cm³/mol. The fourth-order valence-electron chi connectivity index (χ4n) is 5.11. The van der Waals surface area contributed by atoms with E-state index in [1.165, 1.54) is 0 Å². The quantitative estimate of drug-likeness (QED) is 0.500. The summed E-state index contributed by atoms with van der Waals surface area (Å²) in [4.78, 5) is 22.7. The molecule has 10 nitrogen and oxygen atoms in total. The number of morpholine rings is 1. The molecular formula is C27H32N6O4S. The summed E-state index contributed by atoms with van der Waals surface area (Å²) in [6, 6.07) is 8.79. The molecule has 2 aliphatic rings. The average molecular weight is 537 g/mol. The number of aromatic nitrogens is 3. The Morgan fingerprint density at radius 2 is 1.92 bits per heavy atom. The number of benzene rings is 1. The van der Waals surface area contributed by atoms with E-state index in [1.54, 1.807) is 25.1 Å². The van der Waals surface area contributed by atoms with Crippen LogP contribution in [0, 0.1) is 18.8 Å². The van der Waals surface area contributed by atoms with E-state index in [4.69, 9.17) is 14.8 Å². The van der Waals surface area contributed by atoms with Crippen LogP contribution in [0.25, 0.3) is 5.65 Å². The van der Waals surface area contributed by atoms with E-state index in [2.05, 4.69) is 21.5 Å².